The highest BCUT2D eigenvalue weighted by Gasteiger charge is 2.13. The molecular weight excluding hydrogens is 355 g/mol. The molecule has 8 nitrogen and oxygen atoms in total. The molecule has 0 bridgehead atoms. The van der Waals surface area contributed by atoms with E-state index in [-0.39, 0.29) is 23.8 Å². The van der Waals surface area contributed by atoms with E-state index in [4.69, 9.17) is 0 Å². The van der Waals surface area contributed by atoms with Crippen LogP contribution in [0.3, 0.4) is 0 Å². The first-order chi connectivity index (χ1) is 12.9. The first kappa shape index (κ1) is 20.1. The lowest BCUT2D eigenvalue weighted by Gasteiger charge is -2.09. The molecule has 0 aliphatic heterocycles. The van der Waals surface area contributed by atoms with Gasteiger partial charge in [-0.15, -0.1) is 0 Å². The molecule has 0 aliphatic carbocycles. The van der Waals surface area contributed by atoms with Crippen LogP contribution in [-0.2, 0) is 17.8 Å². The van der Waals surface area contributed by atoms with Gasteiger partial charge in [0.25, 0.3) is 5.56 Å². The second kappa shape index (κ2) is 9.46. The van der Waals surface area contributed by atoms with Crippen LogP contribution in [0.4, 0.5) is 4.39 Å². The van der Waals surface area contributed by atoms with Crippen molar-refractivity contribution in [1.29, 1.82) is 0 Å². The Morgan fingerprint density at radius 2 is 2.04 bits per heavy atom. The summed E-state index contributed by atoms with van der Waals surface area (Å²) < 4.78 is 13.9. The van der Waals surface area contributed by atoms with E-state index in [1.165, 1.54) is 12.1 Å². The van der Waals surface area contributed by atoms with Crippen LogP contribution in [0.15, 0.2) is 39.0 Å². The fourth-order valence-corrected chi connectivity index (χ4v) is 2.35. The number of hydrogen-bond donors (Lipinski definition) is 3. The molecule has 0 radical (unpaired) electrons. The second-order valence-electron chi connectivity index (χ2n) is 5.92. The number of aromatic amines is 1. The van der Waals surface area contributed by atoms with Gasteiger partial charge in [-0.3, -0.25) is 19.1 Å². The average molecular weight is 376 g/mol. The third kappa shape index (κ3) is 5.63. The fraction of sp³-hybridized carbons (Fsp3) is 0.333. The molecule has 0 atom stereocenters. The SMILES string of the molecule is CCCCC(=O)NN=Cc1c(O)n(CCc2ccc(F)cc2)c(=O)[nH]c1=O. The number of carbonyl (C=O) groups is 1. The van der Waals surface area contributed by atoms with Crippen LogP contribution in [0.2, 0.25) is 0 Å². The molecule has 1 heterocycles. The van der Waals surface area contributed by atoms with Crippen LogP contribution in [0, 0.1) is 5.82 Å². The molecule has 0 unspecified atom stereocenters. The zero-order valence-corrected chi connectivity index (χ0v) is 14.9. The van der Waals surface area contributed by atoms with Crippen molar-refractivity contribution in [2.75, 3.05) is 0 Å². The van der Waals surface area contributed by atoms with E-state index in [0.717, 1.165) is 22.8 Å². The number of benzene rings is 1. The molecule has 3 N–H and O–H groups in total. The van der Waals surface area contributed by atoms with E-state index in [2.05, 4.69) is 15.5 Å². The summed E-state index contributed by atoms with van der Waals surface area (Å²) in [4.78, 5) is 37.5. The number of halogens is 1. The Hall–Kier alpha value is -3.23. The molecule has 1 amide bonds. The van der Waals surface area contributed by atoms with E-state index < -0.39 is 17.1 Å². The maximum Gasteiger partial charge on any atom is 0.331 e. The molecule has 1 aromatic heterocycles. The highest BCUT2D eigenvalue weighted by Crippen LogP contribution is 2.10. The number of hydrazone groups is 1. The Morgan fingerprint density at radius 3 is 2.70 bits per heavy atom. The Morgan fingerprint density at radius 1 is 1.33 bits per heavy atom. The van der Waals surface area contributed by atoms with Gasteiger partial charge in [0.2, 0.25) is 11.8 Å². The van der Waals surface area contributed by atoms with Crippen molar-refractivity contribution in [3.05, 3.63) is 62.0 Å². The van der Waals surface area contributed by atoms with Crippen molar-refractivity contribution in [3.8, 4) is 5.88 Å². The topological polar surface area (TPSA) is 117 Å². The van der Waals surface area contributed by atoms with Crippen molar-refractivity contribution in [3.63, 3.8) is 0 Å². The van der Waals surface area contributed by atoms with Gasteiger partial charge in [0, 0.05) is 13.0 Å². The monoisotopic (exact) mass is 376 g/mol. The normalized spacial score (nSPS) is 11.0. The molecule has 0 fully saturated rings. The average Bonchev–Trinajstić information content (AvgIpc) is 2.63. The molecule has 144 valence electrons. The molecular formula is C18H21FN4O4. The van der Waals surface area contributed by atoms with Gasteiger partial charge in [0.15, 0.2) is 0 Å². The van der Waals surface area contributed by atoms with Crippen LogP contribution in [0.1, 0.15) is 37.3 Å². The summed E-state index contributed by atoms with van der Waals surface area (Å²) >= 11 is 0. The first-order valence-corrected chi connectivity index (χ1v) is 8.54. The Balaban J connectivity index is 2.16. The zero-order valence-electron chi connectivity index (χ0n) is 14.9. The molecule has 2 rings (SSSR count). The van der Waals surface area contributed by atoms with Crippen molar-refractivity contribution in [1.82, 2.24) is 15.0 Å². The number of aromatic nitrogens is 2. The number of amides is 1. The number of nitrogens with zero attached hydrogens (tertiary/aromatic N) is 2. The van der Waals surface area contributed by atoms with Gasteiger partial charge < -0.3 is 5.11 Å². The minimum absolute atomic E-state index is 0.0662. The van der Waals surface area contributed by atoms with Crippen LogP contribution < -0.4 is 16.7 Å². The molecule has 0 saturated heterocycles. The quantitative estimate of drug-likeness (QED) is 0.475. The summed E-state index contributed by atoms with van der Waals surface area (Å²) in [7, 11) is 0. The second-order valence-corrected chi connectivity index (χ2v) is 5.92. The number of hydrogen-bond acceptors (Lipinski definition) is 5. The number of aromatic hydroxyl groups is 1. The lowest BCUT2D eigenvalue weighted by atomic mass is 10.1. The van der Waals surface area contributed by atoms with Crippen molar-refractivity contribution < 1.29 is 14.3 Å². The number of carbonyl (C=O) groups excluding carboxylic acids is 1. The number of nitrogens with one attached hydrogen (secondary N) is 2. The Kier molecular flexibility index (Phi) is 7.04. The van der Waals surface area contributed by atoms with E-state index in [0.29, 0.717) is 19.3 Å². The summed E-state index contributed by atoms with van der Waals surface area (Å²) in [5.41, 5.74) is 1.18. The predicted molar refractivity (Wildman–Crippen MR) is 98.4 cm³/mol. The summed E-state index contributed by atoms with van der Waals surface area (Å²) in [6.45, 7) is 2.01. The maximum atomic E-state index is 12.9. The lowest BCUT2D eigenvalue weighted by Crippen LogP contribution is -2.33. The minimum atomic E-state index is -0.818. The zero-order chi connectivity index (χ0) is 19.8. The van der Waals surface area contributed by atoms with Gasteiger partial charge in [0.1, 0.15) is 11.4 Å². The number of aryl methyl sites for hydroxylation is 1. The van der Waals surface area contributed by atoms with Crippen LogP contribution in [0.5, 0.6) is 5.88 Å². The third-order valence-corrected chi connectivity index (χ3v) is 3.88. The predicted octanol–water partition coefficient (Wildman–Crippen LogP) is 1.26. The highest BCUT2D eigenvalue weighted by atomic mass is 19.1. The molecule has 27 heavy (non-hydrogen) atoms. The first-order valence-electron chi connectivity index (χ1n) is 8.54. The lowest BCUT2D eigenvalue weighted by molar-refractivity contribution is -0.121. The standard InChI is InChI=1S/C18H21FN4O4/c1-2-3-4-15(24)22-20-11-14-16(25)21-18(27)23(17(14)26)10-9-12-5-7-13(19)8-6-12/h5-8,11,26H,2-4,9-10H2,1H3,(H,22,24)(H,21,25,27). The van der Waals surface area contributed by atoms with E-state index in [1.807, 2.05) is 6.92 Å². The van der Waals surface area contributed by atoms with Crippen molar-refractivity contribution in [2.45, 2.75) is 39.2 Å². The fourth-order valence-electron chi connectivity index (χ4n) is 2.35. The summed E-state index contributed by atoms with van der Waals surface area (Å²) in [6, 6.07) is 5.73. The maximum absolute atomic E-state index is 12.9. The van der Waals surface area contributed by atoms with E-state index in [1.54, 1.807) is 12.1 Å². The van der Waals surface area contributed by atoms with Crippen LogP contribution in [-0.4, -0.2) is 26.8 Å². The van der Waals surface area contributed by atoms with Crippen LogP contribution >= 0.6 is 0 Å². The van der Waals surface area contributed by atoms with Gasteiger partial charge in [-0.25, -0.2) is 14.6 Å². The van der Waals surface area contributed by atoms with Gasteiger partial charge >= 0.3 is 5.69 Å². The highest BCUT2D eigenvalue weighted by molar-refractivity contribution is 5.83. The molecule has 9 heteroatoms. The smallest absolute Gasteiger partial charge is 0.331 e. The summed E-state index contributed by atoms with van der Waals surface area (Å²) in [5, 5.41) is 13.9. The number of H-pyrrole nitrogens is 1. The van der Waals surface area contributed by atoms with Crippen molar-refractivity contribution in [2.24, 2.45) is 5.10 Å². The number of unbranched alkanes of at least 4 members (excludes halogenated alkanes) is 1. The molecule has 1 aromatic carbocycles. The van der Waals surface area contributed by atoms with Crippen molar-refractivity contribution >= 4 is 12.1 Å². The Bertz CT molecular complexity index is 932. The molecule has 0 aliphatic rings. The van der Waals surface area contributed by atoms with Gasteiger partial charge in [-0.2, -0.15) is 5.10 Å². The Labute approximate surface area is 154 Å². The molecule has 2 aromatic rings. The van der Waals surface area contributed by atoms with Gasteiger partial charge in [0.05, 0.1) is 6.21 Å². The third-order valence-electron chi connectivity index (χ3n) is 3.88. The summed E-state index contributed by atoms with van der Waals surface area (Å²) in [5.74, 6) is -1.24. The minimum Gasteiger partial charge on any atom is -0.494 e. The van der Waals surface area contributed by atoms with Gasteiger partial charge in [-0.05, 0) is 30.5 Å². The molecule has 0 saturated carbocycles. The number of rotatable bonds is 8. The summed E-state index contributed by atoms with van der Waals surface area (Å²) in [6.07, 6.45) is 3.20. The largest absolute Gasteiger partial charge is 0.494 e. The van der Waals surface area contributed by atoms with E-state index in [9.17, 15) is 23.9 Å². The van der Waals surface area contributed by atoms with Crippen LogP contribution in [0.25, 0.3) is 0 Å². The molecule has 0 spiro atoms. The van der Waals surface area contributed by atoms with E-state index >= 15 is 0 Å². The van der Waals surface area contributed by atoms with Gasteiger partial charge in [-0.1, -0.05) is 25.5 Å².